The molecular weight excluding hydrogens is 123 g/mol. The van der Waals surface area contributed by atoms with Crippen LogP contribution in [0.3, 0.4) is 0 Å². The molecule has 6 heavy (non-hydrogen) atoms. The molecule has 0 amide bonds. The minimum absolute atomic E-state index is 0.479. The fourth-order valence-corrected chi connectivity index (χ4v) is 0. The van der Waals surface area contributed by atoms with Gasteiger partial charge in [0.05, 0.1) is 0 Å². The summed E-state index contributed by atoms with van der Waals surface area (Å²) in [6.07, 6.45) is 0. The van der Waals surface area contributed by atoms with Crippen molar-refractivity contribution in [3.63, 3.8) is 0 Å². The fraction of sp³-hybridized carbons (Fsp3) is 1.00. The summed E-state index contributed by atoms with van der Waals surface area (Å²) in [7, 11) is -3.83. The molecule has 0 rings (SSSR count). The highest BCUT2D eigenvalue weighted by molar-refractivity contribution is 7.88. The molecule has 0 aliphatic heterocycles. The van der Waals surface area contributed by atoms with Gasteiger partial charge in [0, 0.05) is 0 Å². The number of hydrogen-bond donors (Lipinski definition) is 2. The zero-order valence-corrected chi connectivity index (χ0v) is 4.58. The van der Waals surface area contributed by atoms with Gasteiger partial charge < -0.3 is 9.79 Å². The van der Waals surface area contributed by atoms with E-state index in [0.717, 1.165) is 0 Å². The van der Waals surface area contributed by atoms with Crippen LogP contribution in [0.15, 0.2) is 0 Å². The Balaban J connectivity index is 3.48. The van der Waals surface area contributed by atoms with Gasteiger partial charge in [0.25, 0.3) is 0 Å². The van der Waals surface area contributed by atoms with Gasteiger partial charge in [0.2, 0.25) is 0 Å². The van der Waals surface area contributed by atoms with Crippen molar-refractivity contribution in [1.29, 1.82) is 0 Å². The molecule has 0 aliphatic carbocycles. The molecule has 0 aliphatic rings. The van der Waals surface area contributed by atoms with Crippen molar-refractivity contribution in [2.24, 2.45) is 0 Å². The Labute approximate surface area is 40.9 Å². The van der Waals surface area contributed by atoms with E-state index in [-0.39, 0.29) is 0 Å². The molecule has 0 aromatic carbocycles. The second-order valence-corrected chi connectivity index (χ2v) is 3.16. The molecule has 37 valence electrons. The Morgan fingerprint density at radius 3 is 1.83 bits per heavy atom. The molecule has 0 saturated carbocycles. The topological polar surface area (TPSA) is 57.5 Å². The van der Waals surface area contributed by atoms with Gasteiger partial charge in [-0.2, -0.15) is 0 Å². The maximum absolute atomic E-state index is 9.59. The van der Waals surface area contributed by atoms with E-state index in [4.69, 9.17) is 9.79 Å². The summed E-state index contributed by atoms with van der Waals surface area (Å²) in [5, 5.41) is 0. The summed E-state index contributed by atoms with van der Waals surface area (Å²) in [5.41, 5.74) is -0.479. The molecule has 0 saturated heterocycles. The van der Waals surface area contributed by atoms with Crippen LogP contribution in [-0.4, -0.2) is 15.3 Å². The molecular formula is CH4O3PS. The normalized spacial score (nSPS) is 11.8. The molecule has 0 aromatic rings. The first kappa shape index (κ1) is 6.50. The van der Waals surface area contributed by atoms with E-state index >= 15 is 0 Å². The van der Waals surface area contributed by atoms with Gasteiger partial charge in [-0.15, -0.1) is 0 Å². The van der Waals surface area contributed by atoms with Crippen LogP contribution in [0, 0.1) is 0 Å². The molecule has 0 bridgehead atoms. The number of hydrogen-bond acceptors (Lipinski definition) is 1. The first-order chi connectivity index (χ1) is 2.56. The van der Waals surface area contributed by atoms with Crippen molar-refractivity contribution in [1.82, 2.24) is 0 Å². The van der Waals surface area contributed by atoms with Crippen LogP contribution < -0.4 is 0 Å². The molecule has 0 spiro atoms. The lowest BCUT2D eigenvalue weighted by Gasteiger charge is -1.91. The Hall–Kier alpha value is 0.500. The van der Waals surface area contributed by atoms with Crippen LogP contribution in [0.5, 0.6) is 0 Å². The first-order valence-electron chi connectivity index (χ1n) is 1.19. The highest BCUT2D eigenvalue weighted by atomic mass is 32.1. The zero-order valence-electron chi connectivity index (χ0n) is 2.87. The molecule has 1 radical (unpaired) electrons. The van der Waals surface area contributed by atoms with Gasteiger partial charge in [-0.05, 0) is 0 Å². The Kier molecular flexibility index (Phi) is 2.15. The summed E-state index contributed by atoms with van der Waals surface area (Å²) < 4.78 is 9.59. The van der Waals surface area contributed by atoms with Crippen LogP contribution in [0.25, 0.3) is 0 Å². The van der Waals surface area contributed by atoms with Crippen LogP contribution in [0.4, 0.5) is 0 Å². The predicted octanol–water partition coefficient (Wildman–Crippen LogP) is 0.319. The van der Waals surface area contributed by atoms with E-state index in [1.165, 1.54) is 0 Å². The SMILES string of the molecule is O=P(O)(O)C[S]. The van der Waals surface area contributed by atoms with Gasteiger partial charge in [0.15, 0.2) is 0 Å². The predicted molar refractivity (Wildman–Crippen MR) is 24.5 cm³/mol. The van der Waals surface area contributed by atoms with Gasteiger partial charge in [-0.3, -0.25) is 4.57 Å². The minimum atomic E-state index is -3.83. The van der Waals surface area contributed by atoms with Crippen LogP contribution in [0.1, 0.15) is 0 Å². The van der Waals surface area contributed by atoms with Gasteiger partial charge in [-0.1, -0.05) is 12.6 Å². The van der Waals surface area contributed by atoms with Gasteiger partial charge >= 0.3 is 7.60 Å². The summed E-state index contributed by atoms with van der Waals surface area (Å²) in [6.45, 7) is 0. The van der Waals surface area contributed by atoms with E-state index in [1.807, 2.05) is 0 Å². The number of rotatable bonds is 1. The smallest absolute Gasteiger partial charge is 0.324 e. The summed E-state index contributed by atoms with van der Waals surface area (Å²) >= 11 is 4.03. The van der Waals surface area contributed by atoms with Crippen LogP contribution in [-0.2, 0) is 4.57 Å². The largest absolute Gasteiger partial charge is 0.336 e. The molecule has 5 heteroatoms. The molecule has 0 atom stereocenters. The van der Waals surface area contributed by atoms with E-state index in [9.17, 15) is 4.57 Å². The third kappa shape index (κ3) is 4.50. The van der Waals surface area contributed by atoms with Crippen molar-refractivity contribution >= 4 is 20.2 Å². The summed E-state index contributed by atoms with van der Waals surface area (Å²) in [4.78, 5) is 15.7. The molecule has 2 N–H and O–H groups in total. The summed E-state index contributed by atoms with van der Waals surface area (Å²) in [6, 6.07) is 0. The molecule has 0 heterocycles. The van der Waals surface area contributed by atoms with Gasteiger partial charge in [0.1, 0.15) is 5.49 Å². The highest BCUT2D eigenvalue weighted by Crippen LogP contribution is 2.34. The lowest BCUT2D eigenvalue weighted by atomic mass is 11.9. The van der Waals surface area contributed by atoms with Crippen LogP contribution >= 0.6 is 20.2 Å². The van der Waals surface area contributed by atoms with E-state index in [1.54, 1.807) is 0 Å². The first-order valence-corrected chi connectivity index (χ1v) is 3.56. The average molecular weight is 127 g/mol. The van der Waals surface area contributed by atoms with Crippen LogP contribution in [0.2, 0.25) is 0 Å². The molecule has 0 unspecified atom stereocenters. The third-order valence-corrected chi connectivity index (χ3v) is 1.51. The maximum atomic E-state index is 9.59. The minimum Gasteiger partial charge on any atom is -0.324 e. The Bertz CT molecular complexity index is 74.9. The molecule has 3 nitrogen and oxygen atoms in total. The van der Waals surface area contributed by atoms with E-state index in [0.29, 0.717) is 0 Å². The zero-order chi connectivity index (χ0) is 5.21. The van der Waals surface area contributed by atoms with Gasteiger partial charge in [-0.25, -0.2) is 0 Å². The fourth-order valence-electron chi connectivity index (χ4n) is 0. The average Bonchev–Trinajstić information content (AvgIpc) is 1.35. The molecule has 0 fully saturated rings. The van der Waals surface area contributed by atoms with E-state index < -0.39 is 13.1 Å². The van der Waals surface area contributed by atoms with Crippen molar-refractivity contribution in [3.05, 3.63) is 0 Å². The maximum Gasteiger partial charge on any atom is 0.336 e. The lowest BCUT2D eigenvalue weighted by molar-refractivity contribution is 0.379. The Morgan fingerprint density at radius 2 is 1.83 bits per heavy atom. The monoisotopic (exact) mass is 127 g/mol. The standard InChI is InChI=1S/CH4O3PS/c2-5(3,4)1-6/h1H2,(H2,2,3,4). The van der Waals surface area contributed by atoms with Crippen molar-refractivity contribution < 1.29 is 14.4 Å². The van der Waals surface area contributed by atoms with Crippen molar-refractivity contribution in [3.8, 4) is 0 Å². The Morgan fingerprint density at radius 1 is 1.67 bits per heavy atom. The molecule has 0 aromatic heterocycles. The summed E-state index contributed by atoms with van der Waals surface area (Å²) in [5.74, 6) is 0. The second kappa shape index (κ2) is 1.98. The highest BCUT2D eigenvalue weighted by Gasteiger charge is 2.06. The van der Waals surface area contributed by atoms with Crippen molar-refractivity contribution in [2.45, 2.75) is 0 Å². The lowest BCUT2D eigenvalue weighted by Crippen LogP contribution is -1.73. The third-order valence-electron chi connectivity index (χ3n) is 0.168. The quantitative estimate of drug-likeness (QED) is 0.498. The second-order valence-electron chi connectivity index (χ2n) is 0.794. The van der Waals surface area contributed by atoms with Crippen molar-refractivity contribution in [2.75, 3.05) is 5.49 Å². The van der Waals surface area contributed by atoms with E-state index in [2.05, 4.69) is 12.6 Å².